The van der Waals surface area contributed by atoms with Crippen LogP contribution in [0.15, 0.2) is 49.1 Å². The minimum absolute atomic E-state index is 0.720. The van der Waals surface area contributed by atoms with Crippen molar-refractivity contribution < 1.29 is 4.74 Å². The molecule has 0 unspecified atom stereocenters. The van der Waals surface area contributed by atoms with E-state index in [-0.39, 0.29) is 0 Å². The van der Waals surface area contributed by atoms with Crippen LogP contribution in [0.5, 0.6) is 0 Å². The van der Waals surface area contributed by atoms with E-state index < -0.39 is 0 Å². The third kappa shape index (κ3) is 7.14. The van der Waals surface area contributed by atoms with Crippen LogP contribution < -0.4 is 0 Å². The van der Waals surface area contributed by atoms with E-state index in [9.17, 15) is 0 Å². The number of hydrogen-bond acceptors (Lipinski definition) is 1. The number of ether oxygens (including phenoxy) is 1. The third-order valence-electron chi connectivity index (χ3n) is 7.39. The summed E-state index contributed by atoms with van der Waals surface area (Å²) in [6.45, 7) is 7.46. The SMILES string of the molecule is C=CCCOCc1ccc(C2CCC(C3CCC(C/C=C/CC)CC3)CC2)cc1. The molecule has 0 atom stereocenters. The third-order valence-corrected chi connectivity index (χ3v) is 7.39. The zero-order valence-electron chi connectivity index (χ0n) is 18.7. The molecule has 1 aromatic rings. The highest BCUT2D eigenvalue weighted by molar-refractivity contribution is 5.25. The Morgan fingerprint density at radius 2 is 1.55 bits per heavy atom. The summed E-state index contributed by atoms with van der Waals surface area (Å²) in [7, 11) is 0. The Morgan fingerprint density at radius 1 is 0.897 bits per heavy atom. The largest absolute Gasteiger partial charge is 0.376 e. The van der Waals surface area contributed by atoms with Gasteiger partial charge < -0.3 is 4.74 Å². The first-order chi connectivity index (χ1) is 14.3. The highest BCUT2D eigenvalue weighted by atomic mass is 16.5. The van der Waals surface area contributed by atoms with Gasteiger partial charge in [0.05, 0.1) is 13.2 Å². The Labute approximate surface area is 179 Å². The zero-order chi connectivity index (χ0) is 20.3. The topological polar surface area (TPSA) is 9.23 Å². The summed E-state index contributed by atoms with van der Waals surface area (Å²) in [5.41, 5.74) is 2.83. The zero-order valence-corrected chi connectivity index (χ0v) is 18.7. The van der Waals surface area contributed by atoms with Crippen molar-refractivity contribution in [2.75, 3.05) is 6.61 Å². The summed E-state index contributed by atoms with van der Waals surface area (Å²) >= 11 is 0. The summed E-state index contributed by atoms with van der Waals surface area (Å²) in [4.78, 5) is 0. The molecule has 1 nitrogen and oxygen atoms in total. The Balaban J connectivity index is 1.38. The smallest absolute Gasteiger partial charge is 0.0717 e. The minimum Gasteiger partial charge on any atom is -0.376 e. The highest BCUT2D eigenvalue weighted by Gasteiger charge is 2.30. The first kappa shape index (κ1) is 22.3. The summed E-state index contributed by atoms with van der Waals surface area (Å²) in [6, 6.07) is 9.24. The standard InChI is InChI=1S/C28H42O/c1-3-5-7-8-23-9-13-25(14-10-23)27-17-19-28(20-18-27)26-15-11-24(12-16-26)22-29-21-6-4-2/h4-5,7,11-12,15-16,23,25,27-28H,2-3,6,8-10,13-14,17-22H2,1H3/b7-5+. The summed E-state index contributed by atoms with van der Waals surface area (Å²) in [5.74, 6) is 3.75. The van der Waals surface area contributed by atoms with Gasteiger partial charge in [-0.05, 0) is 105 Å². The molecule has 160 valence electrons. The molecule has 2 aliphatic rings. The fraction of sp³-hybridized carbons (Fsp3) is 0.643. The van der Waals surface area contributed by atoms with Crippen LogP contribution in [0.3, 0.4) is 0 Å². The van der Waals surface area contributed by atoms with E-state index in [1.54, 1.807) is 5.56 Å². The molecule has 3 rings (SSSR count). The van der Waals surface area contributed by atoms with Gasteiger partial charge >= 0.3 is 0 Å². The Kier molecular flexibility index (Phi) is 9.54. The van der Waals surface area contributed by atoms with Gasteiger partial charge in [0.15, 0.2) is 0 Å². The van der Waals surface area contributed by atoms with E-state index in [4.69, 9.17) is 4.74 Å². The predicted molar refractivity (Wildman–Crippen MR) is 125 cm³/mol. The summed E-state index contributed by atoms with van der Waals surface area (Å²) in [6.07, 6.45) is 21.7. The monoisotopic (exact) mass is 394 g/mol. The van der Waals surface area contributed by atoms with E-state index in [2.05, 4.69) is 49.9 Å². The summed E-state index contributed by atoms with van der Waals surface area (Å²) in [5, 5.41) is 0. The van der Waals surface area contributed by atoms with Crippen LogP contribution in [-0.4, -0.2) is 6.61 Å². The average molecular weight is 395 g/mol. The second-order valence-corrected chi connectivity index (χ2v) is 9.38. The van der Waals surface area contributed by atoms with Gasteiger partial charge in [-0.15, -0.1) is 6.58 Å². The van der Waals surface area contributed by atoms with Gasteiger partial charge in [-0.2, -0.15) is 0 Å². The molecule has 0 saturated heterocycles. The Bertz CT molecular complexity index is 598. The van der Waals surface area contributed by atoms with E-state index in [0.717, 1.165) is 43.3 Å². The van der Waals surface area contributed by atoms with Gasteiger partial charge in [-0.1, -0.05) is 49.4 Å². The molecule has 0 amide bonds. The second-order valence-electron chi connectivity index (χ2n) is 9.38. The lowest BCUT2D eigenvalue weighted by Crippen LogP contribution is -2.25. The second kappa shape index (κ2) is 12.4. The molecule has 0 heterocycles. The number of allylic oxidation sites excluding steroid dienone is 2. The van der Waals surface area contributed by atoms with Gasteiger partial charge in [-0.25, -0.2) is 0 Å². The molecule has 1 aromatic carbocycles. The van der Waals surface area contributed by atoms with Crippen LogP contribution >= 0.6 is 0 Å². The van der Waals surface area contributed by atoms with E-state index in [0.29, 0.717) is 0 Å². The first-order valence-corrected chi connectivity index (χ1v) is 12.2. The van der Waals surface area contributed by atoms with Gasteiger partial charge in [0.25, 0.3) is 0 Å². The lowest BCUT2D eigenvalue weighted by atomic mass is 9.68. The van der Waals surface area contributed by atoms with Crippen LogP contribution in [0.25, 0.3) is 0 Å². The number of benzene rings is 1. The minimum atomic E-state index is 0.720. The Morgan fingerprint density at radius 3 is 2.17 bits per heavy atom. The molecule has 0 aromatic heterocycles. The first-order valence-electron chi connectivity index (χ1n) is 12.2. The van der Waals surface area contributed by atoms with Crippen molar-refractivity contribution >= 4 is 0 Å². The van der Waals surface area contributed by atoms with Gasteiger partial charge in [0.1, 0.15) is 0 Å². The molecule has 29 heavy (non-hydrogen) atoms. The van der Waals surface area contributed by atoms with Gasteiger partial charge in [0, 0.05) is 0 Å². The molecule has 0 aliphatic heterocycles. The van der Waals surface area contributed by atoms with E-state index in [1.807, 2.05) is 6.08 Å². The fourth-order valence-electron chi connectivity index (χ4n) is 5.52. The van der Waals surface area contributed by atoms with Crippen LogP contribution in [0.2, 0.25) is 0 Å². The van der Waals surface area contributed by atoms with Crippen LogP contribution in [0.4, 0.5) is 0 Å². The van der Waals surface area contributed by atoms with E-state index >= 15 is 0 Å². The maximum atomic E-state index is 5.69. The number of hydrogen-bond donors (Lipinski definition) is 0. The number of rotatable bonds is 10. The quantitative estimate of drug-likeness (QED) is 0.287. The highest BCUT2D eigenvalue weighted by Crippen LogP contribution is 2.44. The molecular weight excluding hydrogens is 352 g/mol. The van der Waals surface area contributed by atoms with Gasteiger partial charge in [0.2, 0.25) is 0 Å². The maximum Gasteiger partial charge on any atom is 0.0717 e. The van der Waals surface area contributed by atoms with Crippen LogP contribution in [-0.2, 0) is 11.3 Å². The van der Waals surface area contributed by atoms with Crippen molar-refractivity contribution in [2.45, 2.75) is 90.1 Å². The normalized spacial score (nSPS) is 27.9. The lowest BCUT2D eigenvalue weighted by Gasteiger charge is -2.38. The molecular formula is C28H42O. The van der Waals surface area contributed by atoms with Crippen LogP contribution in [0.1, 0.15) is 94.6 Å². The van der Waals surface area contributed by atoms with Crippen molar-refractivity contribution in [3.05, 3.63) is 60.2 Å². The fourth-order valence-corrected chi connectivity index (χ4v) is 5.52. The van der Waals surface area contributed by atoms with E-state index in [1.165, 1.54) is 69.8 Å². The molecule has 0 spiro atoms. The molecule has 0 N–H and O–H groups in total. The van der Waals surface area contributed by atoms with Crippen LogP contribution in [0, 0.1) is 17.8 Å². The molecule has 0 radical (unpaired) electrons. The predicted octanol–water partition coefficient (Wildman–Crippen LogP) is 8.22. The lowest BCUT2D eigenvalue weighted by molar-refractivity contribution is 0.125. The van der Waals surface area contributed by atoms with Crippen molar-refractivity contribution in [1.82, 2.24) is 0 Å². The van der Waals surface area contributed by atoms with Crippen molar-refractivity contribution in [3.8, 4) is 0 Å². The molecule has 2 fully saturated rings. The Hall–Kier alpha value is -1.34. The van der Waals surface area contributed by atoms with Crippen molar-refractivity contribution in [1.29, 1.82) is 0 Å². The van der Waals surface area contributed by atoms with Gasteiger partial charge in [-0.3, -0.25) is 0 Å². The maximum absolute atomic E-state index is 5.69. The molecule has 0 bridgehead atoms. The molecule has 2 aliphatic carbocycles. The van der Waals surface area contributed by atoms with Crippen molar-refractivity contribution in [3.63, 3.8) is 0 Å². The average Bonchev–Trinajstić information content (AvgIpc) is 2.78. The molecule has 1 heteroatoms. The van der Waals surface area contributed by atoms with Crippen molar-refractivity contribution in [2.24, 2.45) is 17.8 Å². The molecule has 2 saturated carbocycles. The summed E-state index contributed by atoms with van der Waals surface area (Å²) < 4.78 is 5.69.